The van der Waals surface area contributed by atoms with Gasteiger partial charge in [-0.3, -0.25) is 14.4 Å². The van der Waals surface area contributed by atoms with Crippen LogP contribution in [-0.2, 0) is 64.2 Å². The minimum Gasteiger partial charge on any atom is -0.495 e. The number of aryl methyl sites for hydroxylation is 2. The molecule has 2 fully saturated rings. The molecule has 2 aliphatic rings. The maximum Gasteiger partial charge on any atom is 0.352 e. The van der Waals surface area contributed by atoms with Crippen LogP contribution in [0.25, 0.3) is 21.8 Å². The Labute approximate surface area is 434 Å². The van der Waals surface area contributed by atoms with Crippen LogP contribution in [0.4, 0.5) is 0 Å². The third kappa shape index (κ3) is 12.5. The molecule has 4 heterocycles. The third-order valence-corrected chi connectivity index (χ3v) is 15.4. The number of ether oxygens (including phenoxy) is 4. The van der Waals surface area contributed by atoms with Crippen molar-refractivity contribution < 1.29 is 60.1 Å². The summed E-state index contributed by atoms with van der Waals surface area (Å²) in [5.41, 5.74) is 8.85. The fourth-order valence-corrected chi connectivity index (χ4v) is 10.3. The highest BCUT2D eigenvalue weighted by atomic mass is 35.5. The molecule has 0 spiro atoms. The zero-order valence-electron chi connectivity index (χ0n) is 40.1. The quantitative estimate of drug-likeness (QED) is 0.0519. The lowest BCUT2D eigenvalue weighted by atomic mass is 9.74. The number of aromatic carboxylic acids is 1. The number of sulfonamides is 2. The Hall–Kier alpha value is -5.85. The van der Waals surface area contributed by atoms with Gasteiger partial charge in [0.25, 0.3) is 20.0 Å². The van der Waals surface area contributed by atoms with Crippen LogP contribution in [0.3, 0.4) is 0 Å². The van der Waals surface area contributed by atoms with Crippen molar-refractivity contribution in [1.29, 1.82) is 0 Å². The number of methoxy groups -OCH3 is 2. The first-order valence-corrected chi connectivity index (χ1v) is 25.8. The van der Waals surface area contributed by atoms with Crippen molar-refractivity contribution in [3.63, 3.8) is 0 Å². The molecule has 0 saturated carbocycles. The molecule has 0 aliphatic carbocycles. The molecule has 3 radical (unpaired) electrons. The monoisotopic (exact) mass is 1080 g/mol. The SMILES string of the molecule is C=S.CCC(=O)NS(=O)(=O)c1ccc(C2(CC(=O)c3cc4c(Cl)c(OC)ccc4n3C)COC2)cc1.CCC(=O)NS(=O)(=O)c1ccc(C2(N)COC2)cc1.COc1ccc2c(cc(C(=O)O)n2C)c1Cl.[B]. The number of nitrogens with zero attached hydrogens (tertiary/aromatic N) is 2. The largest absolute Gasteiger partial charge is 0.495 e. The summed E-state index contributed by atoms with van der Waals surface area (Å²) in [6, 6.07) is 22.8. The van der Waals surface area contributed by atoms with Crippen LogP contribution >= 0.6 is 35.4 Å². The number of rotatable bonds is 14. The molecule has 24 heteroatoms. The van der Waals surface area contributed by atoms with Gasteiger partial charge in [-0.1, -0.05) is 73.5 Å². The van der Waals surface area contributed by atoms with Crippen LogP contribution in [0, 0.1) is 0 Å². The summed E-state index contributed by atoms with van der Waals surface area (Å²) in [6.07, 6.45) is 0.358. The number of nitrogens with one attached hydrogen (secondary N) is 2. The van der Waals surface area contributed by atoms with Crippen LogP contribution in [0.5, 0.6) is 11.5 Å². The number of halogens is 2. The summed E-state index contributed by atoms with van der Waals surface area (Å²) in [5, 5.41) is 11.3. The standard InChI is InChI=1S/C24H25ClN2O6S.C12H16N2O4S.C11H10ClNO3.CH2S.B/c1-4-22(29)26-34(30,31)16-7-5-15(6-8-16)24(13-33-14-24)12-20(28)19-11-17-18(27(19)2)9-10-21(32-3)23(17)25;1-2-11(15)14-19(16,17)10-5-3-9(4-6-10)12(13)7-18-8-12;1-13-7-3-4-9(16-2)10(12)6(7)5-8(13)11(14)15;1-2;/h5-11H,4,12-14H2,1-3H3,(H,26,29);3-6H,2,7-8,13H2,1H3,(H,14,15);3-5H,1-2H3,(H,14,15);1H2;. The smallest absolute Gasteiger partial charge is 0.352 e. The Balaban J connectivity index is 0.000000250. The second-order valence-electron chi connectivity index (χ2n) is 16.3. The maximum absolute atomic E-state index is 13.4. The van der Waals surface area contributed by atoms with Crippen molar-refractivity contribution >= 4 is 115 Å². The zero-order valence-corrected chi connectivity index (χ0v) is 44.1. The van der Waals surface area contributed by atoms with Crippen molar-refractivity contribution in [2.45, 2.75) is 53.9 Å². The number of fused-ring (bicyclic) bond motifs is 2. The summed E-state index contributed by atoms with van der Waals surface area (Å²) < 4.78 is 76.7. The number of hydrogen-bond acceptors (Lipinski definition) is 14. The van der Waals surface area contributed by atoms with Gasteiger partial charge in [0.1, 0.15) is 17.2 Å². The van der Waals surface area contributed by atoms with Gasteiger partial charge in [0.15, 0.2) is 5.78 Å². The molecule has 2 aromatic heterocycles. The number of amides is 2. The van der Waals surface area contributed by atoms with E-state index in [1.165, 1.54) is 38.5 Å². The van der Waals surface area contributed by atoms with Crippen LogP contribution in [-0.4, -0.2) is 110 Å². The van der Waals surface area contributed by atoms with Crippen LogP contribution in [0.1, 0.15) is 65.2 Å². The number of carbonyl (C=O) groups is 4. The predicted octanol–water partition coefficient (Wildman–Crippen LogP) is 6.46. The molecular formula is C48H53BCl2N5O13S3. The van der Waals surface area contributed by atoms with Gasteiger partial charge < -0.3 is 38.9 Å². The number of aromatic nitrogens is 2. The predicted molar refractivity (Wildman–Crippen MR) is 279 cm³/mol. The Bertz CT molecular complexity index is 3200. The van der Waals surface area contributed by atoms with E-state index >= 15 is 0 Å². The van der Waals surface area contributed by atoms with Crippen LogP contribution < -0.4 is 24.7 Å². The lowest BCUT2D eigenvalue weighted by Crippen LogP contribution is -2.54. The van der Waals surface area contributed by atoms with Crippen LogP contribution in [0.2, 0.25) is 10.0 Å². The maximum atomic E-state index is 13.4. The van der Waals surface area contributed by atoms with E-state index in [0.29, 0.717) is 59.1 Å². The second-order valence-corrected chi connectivity index (χ2v) is 20.5. The summed E-state index contributed by atoms with van der Waals surface area (Å²) in [5.74, 6) is 1.74. The van der Waals surface area contributed by atoms with E-state index < -0.39 is 48.8 Å². The number of benzene rings is 4. The number of ketones is 1. The minimum absolute atomic E-state index is 0. The Morgan fingerprint density at radius 3 is 1.43 bits per heavy atom. The molecule has 0 bridgehead atoms. The summed E-state index contributed by atoms with van der Waals surface area (Å²) in [4.78, 5) is 47.0. The topological polar surface area (TPSA) is 254 Å². The van der Waals surface area contributed by atoms with E-state index in [1.54, 1.807) is 80.1 Å². The van der Waals surface area contributed by atoms with Crippen molar-refractivity contribution in [3.8, 4) is 11.5 Å². The molecule has 8 rings (SSSR count). The third-order valence-electron chi connectivity index (χ3n) is 11.8. The molecule has 18 nitrogen and oxygen atoms in total. The average Bonchev–Trinajstić information content (AvgIpc) is 3.87. The Kier molecular flexibility index (Phi) is 19.8. The Morgan fingerprint density at radius 1 is 0.694 bits per heavy atom. The first-order chi connectivity index (χ1) is 33.5. The van der Waals surface area contributed by atoms with Gasteiger partial charge in [-0.25, -0.2) is 31.1 Å². The first kappa shape index (κ1) is 58.7. The molecule has 5 N–H and O–H groups in total. The van der Waals surface area contributed by atoms with Gasteiger partial charge in [0, 0.05) is 58.0 Å². The minimum atomic E-state index is -3.94. The second kappa shape index (κ2) is 24.3. The summed E-state index contributed by atoms with van der Waals surface area (Å²) in [7, 11) is -1.18. The molecular weight excluding hydrogens is 1030 g/mol. The van der Waals surface area contributed by atoms with E-state index in [-0.39, 0.29) is 48.9 Å². The van der Waals surface area contributed by atoms with Gasteiger partial charge >= 0.3 is 5.97 Å². The molecule has 6 aromatic rings. The van der Waals surface area contributed by atoms with E-state index in [2.05, 4.69) is 18.1 Å². The van der Waals surface area contributed by atoms with Gasteiger partial charge in [0.05, 0.1) is 82.7 Å². The zero-order chi connectivity index (χ0) is 52.6. The molecule has 2 amide bonds. The van der Waals surface area contributed by atoms with Gasteiger partial charge in [-0.05, 0) is 77.7 Å². The molecule has 2 saturated heterocycles. The highest BCUT2D eigenvalue weighted by Gasteiger charge is 2.43. The van der Waals surface area contributed by atoms with Crippen molar-refractivity contribution in [2.24, 2.45) is 19.8 Å². The van der Waals surface area contributed by atoms with Gasteiger partial charge in [-0.15, -0.1) is 0 Å². The van der Waals surface area contributed by atoms with E-state index in [4.69, 9.17) is 53.0 Å². The lowest BCUT2D eigenvalue weighted by Gasteiger charge is -2.41. The number of carbonyl (C=O) groups excluding carboxylic acids is 3. The number of Topliss-reactive ketones (excluding diaryl/α,β-unsaturated/α-hetero) is 1. The molecule has 0 atom stereocenters. The number of nitrogens with two attached hydrogens (primary N) is 1. The van der Waals surface area contributed by atoms with E-state index in [1.807, 2.05) is 27.1 Å². The van der Waals surface area contributed by atoms with Crippen LogP contribution in [0.15, 0.2) is 94.7 Å². The van der Waals surface area contributed by atoms with Gasteiger partial charge in [0.2, 0.25) is 11.8 Å². The number of carboxylic acid groups (broad SMARTS) is 1. The highest BCUT2D eigenvalue weighted by molar-refractivity contribution is 7.90. The lowest BCUT2D eigenvalue weighted by molar-refractivity contribution is -0.119. The Morgan fingerprint density at radius 2 is 1.08 bits per heavy atom. The molecule has 4 aromatic carbocycles. The van der Waals surface area contributed by atoms with E-state index in [9.17, 15) is 36.0 Å². The normalized spacial score (nSPS) is 14.2. The molecule has 0 unspecified atom stereocenters. The summed E-state index contributed by atoms with van der Waals surface area (Å²) in [6.45, 7) is 4.69. The molecule has 72 heavy (non-hydrogen) atoms. The molecule has 383 valence electrons. The summed E-state index contributed by atoms with van der Waals surface area (Å²) >= 11 is 16.4. The fourth-order valence-electron chi connectivity index (χ4n) is 7.62. The van der Waals surface area contributed by atoms with Crippen molar-refractivity contribution in [1.82, 2.24) is 18.6 Å². The number of thiocarbonyl (C=S) groups is 1. The highest BCUT2D eigenvalue weighted by Crippen LogP contribution is 2.40. The van der Waals surface area contributed by atoms with E-state index in [0.717, 1.165) is 27.5 Å². The average molecular weight is 1090 g/mol. The first-order valence-electron chi connectivity index (χ1n) is 21.5. The van der Waals surface area contributed by atoms with Crippen molar-refractivity contribution in [3.05, 3.63) is 117 Å². The number of hydrogen-bond donors (Lipinski definition) is 4. The molecule has 2 aliphatic heterocycles. The van der Waals surface area contributed by atoms with Crippen molar-refractivity contribution in [2.75, 3.05) is 40.6 Å². The number of carboxylic acids is 1. The van der Waals surface area contributed by atoms with Gasteiger partial charge in [-0.2, -0.15) is 0 Å². The fraction of sp³-hybridized carbons (Fsp3) is 0.312.